The number of hydrogen-bond donors (Lipinski definition) is 1. The molecule has 0 bridgehead atoms. The Bertz CT molecular complexity index is 468. The topological polar surface area (TPSA) is 32.3 Å². The molecule has 1 aliphatic heterocycles. The highest BCUT2D eigenvalue weighted by atomic mass is 35.5. The number of nitrogens with one attached hydrogen (secondary N) is 1. The van der Waals surface area contributed by atoms with E-state index < -0.39 is 0 Å². The van der Waals surface area contributed by atoms with Crippen molar-refractivity contribution >= 4 is 18.3 Å². The third kappa shape index (κ3) is 4.72. The summed E-state index contributed by atoms with van der Waals surface area (Å²) >= 11 is 0. The maximum atomic E-state index is 12.5. The monoisotopic (exact) mass is 310 g/mol. The molecule has 1 amide bonds. The van der Waals surface area contributed by atoms with Crippen molar-refractivity contribution in [2.24, 2.45) is 0 Å². The number of rotatable bonds is 3. The molecule has 0 radical (unpaired) electrons. The number of carbonyl (C=O) groups is 1. The molecule has 21 heavy (non-hydrogen) atoms. The molecule has 2 rings (SSSR count). The molecule has 0 aliphatic carbocycles. The van der Waals surface area contributed by atoms with Crippen LogP contribution in [0.5, 0.6) is 0 Å². The summed E-state index contributed by atoms with van der Waals surface area (Å²) in [5.41, 5.74) is 2.56. The molecule has 4 heteroatoms. The maximum absolute atomic E-state index is 12.5. The highest BCUT2D eigenvalue weighted by Gasteiger charge is 2.25. The van der Waals surface area contributed by atoms with E-state index in [-0.39, 0.29) is 24.2 Å². The Morgan fingerprint density at radius 1 is 1.29 bits per heavy atom. The van der Waals surface area contributed by atoms with E-state index >= 15 is 0 Å². The molecule has 1 N–H and O–H groups in total. The summed E-state index contributed by atoms with van der Waals surface area (Å²) in [6, 6.07) is 9.13. The van der Waals surface area contributed by atoms with Crippen molar-refractivity contribution in [2.75, 3.05) is 13.1 Å². The Labute approximate surface area is 134 Å². The van der Waals surface area contributed by atoms with Gasteiger partial charge in [0.25, 0.3) is 0 Å². The quantitative estimate of drug-likeness (QED) is 0.930. The van der Waals surface area contributed by atoms with Crippen molar-refractivity contribution in [1.82, 2.24) is 10.2 Å². The van der Waals surface area contributed by atoms with Crippen LogP contribution < -0.4 is 5.32 Å². The first-order chi connectivity index (χ1) is 9.47. The van der Waals surface area contributed by atoms with Crippen LogP contribution in [0.2, 0.25) is 0 Å². The smallest absolute Gasteiger partial charge is 0.223 e. The van der Waals surface area contributed by atoms with Gasteiger partial charge in [0.15, 0.2) is 0 Å². The summed E-state index contributed by atoms with van der Waals surface area (Å²) < 4.78 is 0. The highest BCUT2D eigenvalue weighted by Crippen LogP contribution is 2.23. The molecular weight excluding hydrogens is 284 g/mol. The predicted molar refractivity (Wildman–Crippen MR) is 90.1 cm³/mol. The van der Waals surface area contributed by atoms with E-state index in [1.54, 1.807) is 0 Å². The molecule has 3 unspecified atom stereocenters. The van der Waals surface area contributed by atoms with E-state index in [4.69, 9.17) is 0 Å². The minimum absolute atomic E-state index is 0. The summed E-state index contributed by atoms with van der Waals surface area (Å²) in [5, 5.41) is 3.46. The summed E-state index contributed by atoms with van der Waals surface area (Å²) in [5.74, 6) is 0.560. The Morgan fingerprint density at radius 2 is 1.86 bits per heavy atom. The summed E-state index contributed by atoms with van der Waals surface area (Å²) in [7, 11) is 0. The lowest BCUT2D eigenvalue weighted by Gasteiger charge is -2.36. The number of nitrogens with zero attached hydrogens (tertiary/aromatic N) is 1. The largest absolute Gasteiger partial charge is 0.340 e. The maximum Gasteiger partial charge on any atom is 0.223 e. The van der Waals surface area contributed by atoms with Gasteiger partial charge < -0.3 is 10.2 Å². The molecule has 0 spiro atoms. The van der Waals surface area contributed by atoms with Gasteiger partial charge in [-0.3, -0.25) is 4.79 Å². The van der Waals surface area contributed by atoms with Gasteiger partial charge in [0, 0.05) is 31.6 Å². The first-order valence-corrected chi connectivity index (χ1v) is 7.56. The first-order valence-electron chi connectivity index (χ1n) is 7.56. The number of benzene rings is 1. The Hall–Kier alpha value is -1.06. The van der Waals surface area contributed by atoms with Crippen molar-refractivity contribution in [1.29, 1.82) is 0 Å². The molecule has 1 saturated heterocycles. The summed E-state index contributed by atoms with van der Waals surface area (Å²) in [4.78, 5) is 14.5. The van der Waals surface area contributed by atoms with Crippen molar-refractivity contribution in [3.8, 4) is 0 Å². The second-order valence-corrected chi connectivity index (χ2v) is 6.23. The number of piperazine rings is 1. The van der Waals surface area contributed by atoms with E-state index in [1.165, 1.54) is 11.1 Å². The highest BCUT2D eigenvalue weighted by molar-refractivity contribution is 5.85. The number of aryl methyl sites for hydroxylation is 1. The Morgan fingerprint density at radius 3 is 2.43 bits per heavy atom. The summed E-state index contributed by atoms with van der Waals surface area (Å²) in [6.07, 6.45) is 0.601. The number of amides is 1. The molecular formula is C17H27ClN2O. The zero-order valence-electron chi connectivity index (χ0n) is 13.4. The van der Waals surface area contributed by atoms with Crippen LogP contribution in [-0.4, -0.2) is 36.0 Å². The standard InChI is InChI=1S/C17H26N2O.ClH/c1-12-7-5-6-8-16(12)13(2)9-17(20)19-10-14(3)18-15(4)11-19;/h5-8,13-15,18H,9-11H2,1-4H3;1H. The minimum atomic E-state index is 0. The van der Waals surface area contributed by atoms with Crippen LogP contribution in [0.25, 0.3) is 0 Å². The van der Waals surface area contributed by atoms with Gasteiger partial charge in [0.05, 0.1) is 0 Å². The normalized spacial score (nSPS) is 23.3. The minimum Gasteiger partial charge on any atom is -0.340 e. The van der Waals surface area contributed by atoms with Crippen molar-refractivity contribution in [3.05, 3.63) is 35.4 Å². The van der Waals surface area contributed by atoms with Crippen LogP contribution in [0.3, 0.4) is 0 Å². The van der Waals surface area contributed by atoms with Crippen molar-refractivity contribution in [2.45, 2.75) is 52.1 Å². The summed E-state index contributed by atoms with van der Waals surface area (Å²) in [6.45, 7) is 10.2. The van der Waals surface area contributed by atoms with E-state index in [2.05, 4.69) is 51.2 Å². The van der Waals surface area contributed by atoms with Crippen LogP contribution in [0.4, 0.5) is 0 Å². The zero-order chi connectivity index (χ0) is 14.7. The fourth-order valence-electron chi connectivity index (χ4n) is 3.17. The molecule has 1 aromatic carbocycles. The number of hydrogen-bond acceptors (Lipinski definition) is 2. The molecule has 1 aromatic rings. The van der Waals surface area contributed by atoms with E-state index in [9.17, 15) is 4.79 Å². The molecule has 3 atom stereocenters. The van der Waals surface area contributed by atoms with Gasteiger partial charge in [-0.25, -0.2) is 0 Å². The molecule has 118 valence electrons. The third-order valence-corrected chi connectivity index (χ3v) is 4.11. The third-order valence-electron chi connectivity index (χ3n) is 4.11. The van der Waals surface area contributed by atoms with Gasteiger partial charge in [0.1, 0.15) is 0 Å². The first kappa shape index (κ1) is 18.0. The van der Waals surface area contributed by atoms with Gasteiger partial charge in [-0.15, -0.1) is 12.4 Å². The van der Waals surface area contributed by atoms with Crippen LogP contribution in [0.1, 0.15) is 44.2 Å². The fraction of sp³-hybridized carbons (Fsp3) is 0.588. The van der Waals surface area contributed by atoms with E-state index in [0.717, 1.165) is 13.1 Å². The predicted octanol–water partition coefficient (Wildman–Crippen LogP) is 3.12. The van der Waals surface area contributed by atoms with Gasteiger partial charge in [0.2, 0.25) is 5.91 Å². The lowest BCUT2D eigenvalue weighted by atomic mass is 9.93. The van der Waals surface area contributed by atoms with Crippen LogP contribution in [-0.2, 0) is 4.79 Å². The molecule has 3 nitrogen and oxygen atoms in total. The second-order valence-electron chi connectivity index (χ2n) is 6.23. The van der Waals surface area contributed by atoms with E-state index in [0.29, 0.717) is 18.5 Å². The SMILES string of the molecule is Cc1ccccc1C(C)CC(=O)N1CC(C)NC(C)C1.Cl. The van der Waals surface area contributed by atoms with Gasteiger partial charge in [-0.1, -0.05) is 31.2 Å². The van der Waals surface area contributed by atoms with E-state index in [1.807, 2.05) is 11.0 Å². The molecule has 1 aliphatic rings. The second kappa shape index (κ2) is 7.81. The average molecular weight is 311 g/mol. The lowest BCUT2D eigenvalue weighted by molar-refractivity contribution is -0.133. The van der Waals surface area contributed by atoms with Gasteiger partial charge in [-0.05, 0) is 37.8 Å². The molecule has 0 aromatic heterocycles. The van der Waals surface area contributed by atoms with Gasteiger partial charge >= 0.3 is 0 Å². The Kier molecular flexibility index (Phi) is 6.69. The van der Waals surface area contributed by atoms with Crippen LogP contribution >= 0.6 is 12.4 Å². The fourth-order valence-corrected chi connectivity index (χ4v) is 3.17. The number of halogens is 1. The van der Waals surface area contributed by atoms with Crippen molar-refractivity contribution < 1.29 is 4.79 Å². The zero-order valence-corrected chi connectivity index (χ0v) is 14.2. The molecule has 0 saturated carbocycles. The van der Waals surface area contributed by atoms with Crippen LogP contribution in [0, 0.1) is 6.92 Å². The number of carbonyl (C=O) groups excluding carboxylic acids is 1. The van der Waals surface area contributed by atoms with Crippen LogP contribution in [0.15, 0.2) is 24.3 Å². The van der Waals surface area contributed by atoms with Gasteiger partial charge in [-0.2, -0.15) is 0 Å². The molecule has 1 heterocycles. The van der Waals surface area contributed by atoms with Crippen molar-refractivity contribution in [3.63, 3.8) is 0 Å². The lowest BCUT2D eigenvalue weighted by Crippen LogP contribution is -2.55. The average Bonchev–Trinajstić information content (AvgIpc) is 2.37. The molecule has 1 fully saturated rings. The Balaban J connectivity index is 0.00000220.